The molecule has 0 aromatic rings. The third kappa shape index (κ3) is 4.94. The first kappa shape index (κ1) is 13.5. The largest absolute Gasteiger partial charge is 0.369 e. The first-order valence-electron chi connectivity index (χ1n) is 6.15. The molecule has 1 rings (SSSR count). The van der Waals surface area contributed by atoms with E-state index in [-0.39, 0.29) is 17.4 Å². The van der Waals surface area contributed by atoms with Gasteiger partial charge in [-0.1, -0.05) is 0 Å². The fourth-order valence-corrected chi connectivity index (χ4v) is 2.08. The standard InChI is InChI=1S/C12H25N3O/c1-12(2,3)14-6-8-15-7-4-5-10(9-15)11(13)16/h10,14H,4-9H2,1-3H3,(H2,13,16). The average Bonchev–Trinajstić information content (AvgIpc) is 2.16. The summed E-state index contributed by atoms with van der Waals surface area (Å²) in [4.78, 5) is 13.4. The molecule has 0 bridgehead atoms. The van der Waals surface area contributed by atoms with Crippen LogP contribution in [0.3, 0.4) is 0 Å². The number of likely N-dealkylation sites (tertiary alicyclic amines) is 1. The molecule has 0 radical (unpaired) electrons. The van der Waals surface area contributed by atoms with E-state index in [2.05, 4.69) is 31.0 Å². The van der Waals surface area contributed by atoms with Gasteiger partial charge in [-0.2, -0.15) is 0 Å². The maximum atomic E-state index is 11.1. The monoisotopic (exact) mass is 227 g/mol. The summed E-state index contributed by atoms with van der Waals surface area (Å²) in [7, 11) is 0. The van der Waals surface area contributed by atoms with Gasteiger partial charge in [0.15, 0.2) is 0 Å². The number of hydrogen-bond donors (Lipinski definition) is 2. The normalized spacial score (nSPS) is 23.3. The Balaban J connectivity index is 2.24. The molecule has 0 spiro atoms. The molecule has 1 heterocycles. The van der Waals surface area contributed by atoms with E-state index >= 15 is 0 Å². The van der Waals surface area contributed by atoms with E-state index in [1.165, 1.54) is 0 Å². The zero-order chi connectivity index (χ0) is 12.2. The zero-order valence-electron chi connectivity index (χ0n) is 10.8. The predicted octanol–water partition coefficient (Wildman–Crippen LogP) is 0.572. The number of piperidine rings is 1. The number of hydrogen-bond acceptors (Lipinski definition) is 3. The van der Waals surface area contributed by atoms with Crippen LogP contribution in [0, 0.1) is 5.92 Å². The molecular weight excluding hydrogens is 202 g/mol. The highest BCUT2D eigenvalue weighted by molar-refractivity contribution is 5.76. The van der Waals surface area contributed by atoms with E-state index in [1.54, 1.807) is 0 Å². The fraction of sp³-hybridized carbons (Fsp3) is 0.917. The zero-order valence-corrected chi connectivity index (χ0v) is 10.8. The number of carbonyl (C=O) groups is 1. The highest BCUT2D eigenvalue weighted by Crippen LogP contribution is 2.15. The Kier molecular flexibility index (Phi) is 4.74. The Hall–Kier alpha value is -0.610. The van der Waals surface area contributed by atoms with Gasteiger partial charge in [0, 0.05) is 25.2 Å². The molecule has 1 saturated heterocycles. The summed E-state index contributed by atoms with van der Waals surface area (Å²) in [5.41, 5.74) is 5.51. The molecule has 0 saturated carbocycles. The number of primary amides is 1. The minimum absolute atomic E-state index is 0.0587. The number of nitrogens with one attached hydrogen (secondary N) is 1. The van der Waals surface area contributed by atoms with Crippen LogP contribution in [0.25, 0.3) is 0 Å². The summed E-state index contributed by atoms with van der Waals surface area (Å²) >= 11 is 0. The summed E-state index contributed by atoms with van der Waals surface area (Å²) in [6, 6.07) is 0. The van der Waals surface area contributed by atoms with E-state index in [4.69, 9.17) is 5.73 Å². The van der Waals surface area contributed by atoms with Crippen molar-refractivity contribution in [3.63, 3.8) is 0 Å². The van der Waals surface area contributed by atoms with Gasteiger partial charge in [0.1, 0.15) is 0 Å². The van der Waals surface area contributed by atoms with Gasteiger partial charge in [-0.05, 0) is 40.2 Å². The van der Waals surface area contributed by atoms with Crippen molar-refractivity contribution in [1.29, 1.82) is 0 Å². The first-order chi connectivity index (χ1) is 7.38. The Bertz CT molecular complexity index is 235. The minimum atomic E-state index is -0.145. The molecule has 0 aromatic carbocycles. The molecule has 1 unspecified atom stereocenters. The molecule has 1 aliphatic heterocycles. The maximum Gasteiger partial charge on any atom is 0.221 e. The molecule has 16 heavy (non-hydrogen) atoms. The van der Waals surface area contributed by atoms with Crippen LogP contribution in [0.2, 0.25) is 0 Å². The Morgan fingerprint density at radius 2 is 2.19 bits per heavy atom. The number of nitrogens with two attached hydrogens (primary N) is 1. The van der Waals surface area contributed by atoms with E-state index in [0.717, 1.165) is 39.0 Å². The highest BCUT2D eigenvalue weighted by atomic mass is 16.1. The van der Waals surface area contributed by atoms with Crippen LogP contribution in [-0.4, -0.2) is 42.5 Å². The van der Waals surface area contributed by atoms with Crippen molar-refractivity contribution < 1.29 is 4.79 Å². The van der Waals surface area contributed by atoms with Crippen molar-refractivity contribution in [1.82, 2.24) is 10.2 Å². The van der Waals surface area contributed by atoms with E-state index in [1.807, 2.05) is 0 Å². The quantitative estimate of drug-likeness (QED) is 0.738. The molecule has 1 amide bonds. The number of rotatable bonds is 4. The summed E-state index contributed by atoms with van der Waals surface area (Å²) in [6.45, 7) is 10.4. The van der Waals surface area contributed by atoms with Crippen LogP contribution >= 0.6 is 0 Å². The lowest BCUT2D eigenvalue weighted by Gasteiger charge is -2.32. The summed E-state index contributed by atoms with van der Waals surface area (Å²) in [6.07, 6.45) is 2.04. The second-order valence-electron chi connectivity index (χ2n) is 5.72. The van der Waals surface area contributed by atoms with Crippen LogP contribution in [0.1, 0.15) is 33.6 Å². The lowest BCUT2D eigenvalue weighted by atomic mass is 9.97. The van der Waals surface area contributed by atoms with Crippen LogP contribution in [0.15, 0.2) is 0 Å². The van der Waals surface area contributed by atoms with Gasteiger partial charge < -0.3 is 16.0 Å². The molecule has 1 fully saturated rings. The Labute approximate surface area is 98.6 Å². The SMILES string of the molecule is CC(C)(C)NCCN1CCCC(C(N)=O)C1. The molecule has 1 aliphatic rings. The molecule has 4 nitrogen and oxygen atoms in total. The van der Waals surface area contributed by atoms with Gasteiger partial charge in [0.05, 0.1) is 5.92 Å². The van der Waals surface area contributed by atoms with Crippen LogP contribution < -0.4 is 11.1 Å². The van der Waals surface area contributed by atoms with Crippen LogP contribution in [-0.2, 0) is 4.79 Å². The van der Waals surface area contributed by atoms with Gasteiger partial charge in [-0.15, -0.1) is 0 Å². The molecule has 0 aliphatic carbocycles. The smallest absolute Gasteiger partial charge is 0.221 e. The fourth-order valence-electron chi connectivity index (χ4n) is 2.08. The molecule has 4 heteroatoms. The molecule has 0 aromatic heterocycles. The molecule has 94 valence electrons. The van der Waals surface area contributed by atoms with E-state index in [0.29, 0.717) is 0 Å². The topological polar surface area (TPSA) is 58.4 Å². The molecule has 3 N–H and O–H groups in total. The summed E-state index contributed by atoms with van der Waals surface area (Å²) in [5.74, 6) is -0.0862. The highest BCUT2D eigenvalue weighted by Gasteiger charge is 2.23. The third-order valence-corrected chi connectivity index (χ3v) is 2.99. The maximum absolute atomic E-state index is 11.1. The van der Waals surface area contributed by atoms with Crippen molar-refractivity contribution in [2.75, 3.05) is 26.2 Å². The van der Waals surface area contributed by atoms with Gasteiger partial charge in [-0.25, -0.2) is 0 Å². The van der Waals surface area contributed by atoms with Crippen molar-refractivity contribution in [2.24, 2.45) is 11.7 Å². The molecular formula is C12H25N3O. The van der Waals surface area contributed by atoms with Crippen LogP contribution in [0.4, 0.5) is 0 Å². The van der Waals surface area contributed by atoms with Gasteiger partial charge in [-0.3, -0.25) is 4.79 Å². The Morgan fingerprint density at radius 3 is 2.75 bits per heavy atom. The number of carbonyl (C=O) groups excluding carboxylic acids is 1. The number of amides is 1. The third-order valence-electron chi connectivity index (χ3n) is 2.99. The van der Waals surface area contributed by atoms with Crippen molar-refractivity contribution in [2.45, 2.75) is 39.2 Å². The van der Waals surface area contributed by atoms with Gasteiger partial charge >= 0.3 is 0 Å². The van der Waals surface area contributed by atoms with Crippen molar-refractivity contribution in [3.8, 4) is 0 Å². The van der Waals surface area contributed by atoms with Crippen LogP contribution in [0.5, 0.6) is 0 Å². The number of nitrogens with zero attached hydrogens (tertiary/aromatic N) is 1. The molecule has 1 atom stereocenters. The lowest BCUT2D eigenvalue weighted by molar-refractivity contribution is -0.123. The summed E-state index contributed by atoms with van der Waals surface area (Å²) < 4.78 is 0. The first-order valence-corrected chi connectivity index (χ1v) is 6.15. The lowest BCUT2D eigenvalue weighted by Crippen LogP contribution is -2.46. The second kappa shape index (κ2) is 5.64. The average molecular weight is 227 g/mol. The minimum Gasteiger partial charge on any atom is -0.369 e. The Morgan fingerprint density at radius 1 is 1.50 bits per heavy atom. The van der Waals surface area contributed by atoms with Gasteiger partial charge in [0.2, 0.25) is 5.91 Å². The predicted molar refractivity (Wildman–Crippen MR) is 66.1 cm³/mol. The van der Waals surface area contributed by atoms with E-state index < -0.39 is 0 Å². The van der Waals surface area contributed by atoms with E-state index in [9.17, 15) is 4.79 Å². The van der Waals surface area contributed by atoms with Gasteiger partial charge in [0.25, 0.3) is 0 Å². The summed E-state index contributed by atoms with van der Waals surface area (Å²) in [5, 5.41) is 3.46. The van der Waals surface area contributed by atoms with Crippen molar-refractivity contribution >= 4 is 5.91 Å². The van der Waals surface area contributed by atoms with Crippen molar-refractivity contribution in [3.05, 3.63) is 0 Å². The second-order valence-corrected chi connectivity index (χ2v) is 5.72.